The maximum absolute atomic E-state index is 13.1. The summed E-state index contributed by atoms with van der Waals surface area (Å²) in [6.45, 7) is 3.21. The second-order valence-electron chi connectivity index (χ2n) is 7.57. The number of para-hydroxylation sites is 1. The Labute approximate surface area is 159 Å². The van der Waals surface area contributed by atoms with Crippen LogP contribution in [0.2, 0.25) is 0 Å². The van der Waals surface area contributed by atoms with Crippen LogP contribution in [0.15, 0.2) is 24.3 Å². The van der Waals surface area contributed by atoms with Crippen molar-refractivity contribution in [3.63, 3.8) is 0 Å². The number of amides is 1. The maximum atomic E-state index is 13.1. The summed E-state index contributed by atoms with van der Waals surface area (Å²) in [5.41, 5.74) is 3.40. The lowest BCUT2D eigenvalue weighted by Gasteiger charge is -2.24. The lowest BCUT2D eigenvalue weighted by Crippen LogP contribution is -2.40. The minimum absolute atomic E-state index is 0.0831. The van der Waals surface area contributed by atoms with Crippen LogP contribution in [0.1, 0.15) is 60.6 Å². The Hall–Kier alpha value is -2.43. The SMILES string of the molecule is CC(OC(=O)c1c2c(nc3ccccc13)CCC2)C(=O)N1CCCCCC1. The number of rotatable bonds is 3. The quantitative estimate of drug-likeness (QED) is 0.778. The van der Waals surface area contributed by atoms with Crippen LogP contribution in [0.4, 0.5) is 0 Å². The van der Waals surface area contributed by atoms with Gasteiger partial charge in [0.2, 0.25) is 0 Å². The van der Waals surface area contributed by atoms with E-state index in [1.165, 1.54) is 0 Å². The van der Waals surface area contributed by atoms with Gasteiger partial charge in [0.15, 0.2) is 6.10 Å². The van der Waals surface area contributed by atoms with Crippen molar-refractivity contribution in [2.45, 2.75) is 58.0 Å². The average molecular weight is 366 g/mol. The van der Waals surface area contributed by atoms with E-state index in [1.54, 1.807) is 6.92 Å². The van der Waals surface area contributed by atoms with Crippen LogP contribution in [0, 0.1) is 0 Å². The Balaban J connectivity index is 1.59. The van der Waals surface area contributed by atoms with Crippen molar-refractivity contribution in [3.05, 3.63) is 41.1 Å². The third kappa shape index (κ3) is 3.55. The van der Waals surface area contributed by atoms with Crippen LogP contribution in [-0.4, -0.2) is 41.0 Å². The Morgan fingerprint density at radius 3 is 2.56 bits per heavy atom. The molecule has 0 N–H and O–H groups in total. The molecule has 2 aromatic rings. The smallest absolute Gasteiger partial charge is 0.339 e. The fourth-order valence-corrected chi connectivity index (χ4v) is 4.26. The lowest BCUT2D eigenvalue weighted by molar-refractivity contribution is -0.139. The van der Waals surface area contributed by atoms with Crippen LogP contribution in [0.5, 0.6) is 0 Å². The molecule has 142 valence electrons. The summed E-state index contributed by atoms with van der Waals surface area (Å²) in [6, 6.07) is 7.68. The summed E-state index contributed by atoms with van der Waals surface area (Å²) >= 11 is 0. The van der Waals surface area contributed by atoms with Gasteiger partial charge in [-0.2, -0.15) is 0 Å². The van der Waals surface area contributed by atoms with E-state index in [9.17, 15) is 9.59 Å². The molecule has 0 spiro atoms. The average Bonchev–Trinajstić information content (AvgIpc) is 2.97. The van der Waals surface area contributed by atoms with Gasteiger partial charge in [-0.3, -0.25) is 9.78 Å². The third-order valence-electron chi connectivity index (χ3n) is 5.67. The summed E-state index contributed by atoms with van der Waals surface area (Å²) in [6.07, 6.45) is 6.33. The zero-order valence-electron chi connectivity index (χ0n) is 15.9. The van der Waals surface area contributed by atoms with Gasteiger partial charge in [-0.15, -0.1) is 0 Å². The van der Waals surface area contributed by atoms with Crippen LogP contribution in [0.25, 0.3) is 10.9 Å². The molecule has 1 aliphatic heterocycles. The van der Waals surface area contributed by atoms with Crippen molar-refractivity contribution in [3.8, 4) is 0 Å². The molecule has 1 saturated heterocycles. The summed E-state index contributed by atoms with van der Waals surface area (Å²) in [7, 11) is 0. The molecule has 2 heterocycles. The second kappa shape index (κ2) is 7.67. The van der Waals surface area contributed by atoms with Crippen molar-refractivity contribution in [1.82, 2.24) is 9.88 Å². The van der Waals surface area contributed by atoms with Gasteiger partial charge in [0.05, 0.1) is 11.1 Å². The zero-order chi connectivity index (χ0) is 18.8. The number of carbonyl (C=O) groups is 2. The maximum Gasteiger partial charge on any atom is 0.339 e. The molecular formula is C22H26N2O3. The first kappa shape index (κ1) is 18.0. The number of hydrogen-bond donors (Lipinski definition) is 0. The standard InChI is InChI=1S/C22H26N2O3/c1-15(21(25)24-13-6-2-3-7-14-24)27-22(26)20-16-9-4-5-11-18(16)23-19-12-8-10-17(19)20/h4-5,9,11,15H,2-3,6-8,10,12-14H2,1H3. The largest absolute Gasteiger partial charge is 0.449 e. The molecule has 1 atom stereocenters. The number of aromatic nitrogens is 1. The summed E-state index contributed by atoms with van der Waals surface area (Å²) in [5.74, 6) is -0.484. The molecular weight excluding hydrogens is 340 g/mol. The molecule has 27 heavy (non-hydrogen) atoms. The van der Waals surface area contributed by atoms with Crippen molar-refractivity contribution >= 4 is 22.8 Å². The number of likely N-dealkylation sites (tertiary alicyclic amines) is 1. The molecule has 1 fully saturated rings. The minimum Gasteiger partial charge on any atom is -0.449 e. The Bertz CT molecular complexity index is 869. The number of hydrogen-bond acceptors (Lipinski definition) is 4. The molecule has 0 saturated carbocycles. The van der Waals surface area contributed by atoms with E-state index in [-0.39, 0.29) is 5.91 Å². The van der Waals surface area contributed by atoms with Gasteiger partial charge >= 0.3 is 5.97 Å². The second-order valence-corrected chi connectivity index (χ2v) is 7.57. The first-order chi connectivity index (χ1) is 13.1. The highest BCUT2D eigenvalue weighted by atomic mass is 16.5. The van der Waals surface area contributed by atoms with E-state index in [2.05, 4.69) is 0 Å². The molecule has 1 aliphatic carbocycles. The van der Waals surface area contributed by atoms with Crippen LogP contribution < -0.4 is 0 Å². The first-order valence-electron chi connectivity index (χ1n) is 10.1. The highest BCUT2D eigenvalue weighted by molar-refractivity contribution is 6.06. The molecule has 1 unspecified atom stereocenters. The van der Waals surface area contributed by atoms with Crippen LogP contribution in [0.3, 0.4) is 0 Å². The number of nitrogens with zero attached hydrogens (tertiary/aromatic N) is 2. The van der Waals surface area contributed by atoms with E-state index < -0.39 is 12.1 Å². The van der Waals surface area contributed by atoms with Gasteiger partial charge in [0.25, 0.3) is 5.91 Å². The van der Waals surface area contributed by atoms with Gasteiger partial charge in [-0.1, -0.05) is 31.0 Å². The van der Waals surface area contributed by atoms with E-state index in [4.69, 9.17) is 9.72 Å². The Morgan fingerprint density at radius 2 is 1.78 bits per heavy atom. The third-order valence-corrected chi connectivity index (χ3v) is 5.67. The number of benzene rings is 1. The monoisotopic (exact) mass is 366 g/mol. The van der Waals surface area contributed by atoms with Gasteiger partial charge < -0.3 is 9.64 Å². The van der Waals surface area contributed by atoms with Crippen LogP contribution in [-0.2, 0) is 22.4 Å². The predicted octanol–water partition coefficient (Wildman–Crippen LogP) is 3.67. The minimum atomic E-state index is -0.764. The Morgan fingerprint density at radius 1 is 1.04 bits per heavy atom. The van der Waals surface area contributed by atoms with Crippen molar-refractivity contribution < 1.29 is 14.3 Å². The van der Waals surface area contributed by atoms with E-state index >= 15 is 0 Å². The van der Waals surface area contributed by atoms with Crippen molar-refractivity contribution in [2.75, 3.05) is 13.1 Å². The molecule has 5 nitrogen and oxygen atoms in total. The van der Waals surface area contributed by atoms with Crippen LogP contribution >= 0.6 is 0 Å². The fourth-order valence-electron chi connectivity index (χ4n) is 4.26. The van der Waals surface area contributed by atoms with Crippen molar-refractivity contribution in [1.29, 1.82) is 0 Å². The normalized spacial score (nSPS) is 18.0. The predicted molar refractivity (Wildman–Crippen MR) is 104 cm³/mol. The summed E-state index contributed by atoms with van der Waals surface area (Å²) in [5, 5.41) is 0.817. The number of ether oxygens (including phenoxy) is 1. The topological polar surface area (TPSA) is 59.5 Å². The zero-order valence-corrected chi connectivity index (χ0v) is 15.9. The number of fused-ring (bicyclic) bond motifs is 2. The summed E-state index contributed by atoms with van der Waals surface area (Å²) < 4.78 is 5.67. The first-order valence-corrected chi connectivity index (χ1v) is 10.1. The fraction of sp³-hybridized carbons (Fsp3) is 0.500. The van der Waals surface area contributed by atoms with Crippen molar-refractivity contribution in [2.24, 2.45) is 0 Å². The molecule has 0 radical (unpaired) electrons. The molecule has 1 aromatic carbocycles. The van der Waals surface area contributed by atoms with E-state index in [0.717, 1.165) is 80.2 Å². The van der Waals surface area contributed by atoms with Gasteiger partial charge in [0, 0.05) is 24.2 Å². The molecule has 1 aromatic heterocycles. The van der Waals surface area contributed by atoms with Gasteiger partial charge in [-0.05, 0) is 50.7 Å². The molecule has 4 rings (SSSR count). The number of esters is 1. The lowest BCUT2D eigenvalue weighted by atomic mass is 10.0. The molecule has 1 amide bonds. The molecule has 5 heteroatoms. The van der Waals surface area contributed by atoms with Gasteiger partial charge in [-0.25, -0.2) is 4.79 Å². The Kier molecular flexibility index (Phi) is 5.10. The van der Waals surface area contributed by atoms with E-state index in [0.29, 0.717) is 5.56 Å². The highest BCUT2D eigenvalue weighted by Crippen LogP contribution is 2.30. The van der Waals surface area contributed by atoms with Gasteiger partial charge in [0.1, 0.15) is 0 Å². The summed E-state index contributed by atoms with van der Waals surface area (Å²) in [4.78, 5) is 32.4. The number of aryl methyl sites for hydroxylation is 1. The number of carbonyl (C=O) groups excluding carboxylic acids is 2. The number of pyridine rings is 1. The molecule has 2 aliphatic rings. The van der Waals surface area contributed by atoms with E-state index in [1.807, 2.05) is 29.2 Å². The molecule has 0 bridgehead atoms. The highest BCUT2D eigenvalue weighted by Gasteiger charge is 2.29.